The Balaban J connectivity index is 2.38. The molecule has 1 saturated heterocycles. The fourth-order valence-corrected chi connectivity index (χ4v) is 3.41. The number of benzene rings is 1. The van der Waals surface area contributed by atoms with E-state index in [0.717, 1.165) is 23.1 Å². The molecule has 0 saturated carbocycles. The number of halogens is 1. The summed E-state index contributed by atoms with van der Waals surface area (Å²) in [5.74, 6) is 0.150. The minimum absolute atomic E-state index is 0.0331. The molecule has 0 spiro atoms. The van der Waals surface area contributed by atoms with Gasteiger partial charge in [0.25, 0.3) is 0 Å². The molecule has 2 atom stereocenters. The van der Waals surface area contributed by atoms with E-state index in [0.29, 0.717) is 0 Å². The zero-order valence-corrected chi connectivity index (χ0v) is 14.7. The van der Waals surface area contributed by atoms with Gasteiger partial charge in [-0.1, -0.05) is 28.1 Å². The molecule has 5 heteroatoms. The largest absolute Gasteiger partial charge is 0.343 e. The number of carbonyl (C=O) groups is 1. The first kappa shape index (κ1) is 16.5. The minimum Gasteiger partial charge on any atom is -0.343 e. The van der Waals surface area contributed by atoms with Crippen LogP contribution in [0.15, 0.2) is 28.7 Å². The number of likely N-dealkylation sites (N-methyl/N-ethyl adjacent to an activating group) is 1. The van der Waals surface area contributed by atoms with Crippen LogP contribution in [0.3, 0.4) is 0 Å². The summed E-state index contributed by atoms with van der Waals surface area (Å²) in [5, 5.41) is 0. The van der Waals surface area contributed by atoms with Crippen molar-refractivity contribution >= 4 is 21.8 Å². The monoisotopic (exact) mass is 353 g/mol. The summed E-state index contributed by atoms with van der Waals surface area (Å²) in [6, 6.07) is 8.19. The van der Waals surface area contributed by atoms with Crippen LogP contribution in [-0.4, -0.2) is 47.4 Å². The highest BCUT2D eigenvalue weighted by molar-refractivity contribution is 9.10. The average Bonchev–Trinajstić information content (AvgIpc) is 2.41. The number of nitrogens with zero attached hydrogens (tertiary/aromatic N) is 2. The molecule has 0 aromatic heterocycles. The number of rotatable bonds is 3. The van der Waals surface area contributed by atoms with E-state index in [2.05, 4.69) is 33.0 Å². The highest BCUT2D eigenvalue weighted by atomic mass is 79.9. The molecule has 1 fully saturated rings. The number of hydrogen-bond acceptors (Lipinski definition) is 3. The molecule has 1 aromatic rings. The van der Waals surface area contributed by atoms with E-state index in [1.165, 1.54) is 0 Å². The molecule has 116 valence electrons. The number of hydrogen-bond donors (Lipinski definition) is 1. The second kappa shape index (κ2) is 6.07. The van der Waals surface area contributed by atoms with E-state index in [-0.39, 0.29) is 18.0 Å². The zero-order valence-electron chi connectivity index (χ0n) is 13.1. The highest BCUT2D eigenvalue weighted by Gasteiger charge is 2.44. The van der Waals surface area contributed by atoms with Crippen LogP contribution in [0.25, 0.3) is 0 Å². The fourth-order valence-electron chi connectivity index (χ4n) is 3.14. The van der Waals surface area contributed by atoms with Gasteiger partial charge in [-0.2, -0.15) is 0 Å². The zero-order chi connectivity index (χ0) is 15.8. The minimum atomic E-state index is -0.543. The van der Waals surface area contributed by atoms with Gasteiger partial charge >= 0.3 is 0 Å². The molecular weight excluding hydrogens is 330 g/mol. The van der Waals surface area contributed by atoms with Gasteiger partial charge in [0.1, 0.15) is 0 Å². The predicted molar refractivity (Wildman–Crippen MR) is 89.0 cm³/mol. The third-order valence-corrected chi connectivity index (χ3v) is 4.84. The van der Waals surface area contributed by atoms with E-state index in [4.69, 9.17) is 5.73 Å². The molecule has 0 radical (unpaired) electrons. The molecule has 2 rings (SSSR count). The molecule has 0 bridgehead atoms. The lowest BCUT2D eigenvalue weighted by atomic mass is 9.90. The van der Waals surface area contributed by atoms with Gasteiger partial charge in [-0.05, 0) is 38.5 Å². The Labute approximate surface area is 135 Å². The second-order valence-corrected chi connectivity index (χ2v) is 7.25. The van der Waals surface area contributed by atoms with Crippen molar-refractivity contribution in [1.82, 2.24) is 9.80 Å². The first-order chi connectivity index (χ1) is 9.75. The molecule has 1 heterocycles. The van der Waals surface area contributed by atoms with Crippen molar-refractivity contribution in [2.75, 3.05) is 20.1 Å². The number of amides is 1. The molecular formula is C16H24BrN3O. The van der Waals surface area contributed by atoms with Crippen molar-refractivity contribution in [2.24, 2.45) is 5.73 Å². The molecule has 1 amide bonds. The topological polar surface area (TPSA) is 49.6 Å². The van der Waals surface area contributed by atoms with E-state index >= 15 is 0 Å². The third-order valence-electron chi connectivity index (χ3n) is 4.31. The maximum Gasteiger partial charge on any atom is 0.242 e. The quantitative estimate of drug-likeness (QED) is 0.907. The van der Waals surface area contributed by atoms with Gasteiger partial charge in [0.2, 0.25) is 5.91 Å². The highest BCUT2D eigenvalue weighted by Crippen LogP contribution is 2.34. The van der Waals surface area contributed by atoms with Crippen molar-refractivity contribution in [3.8, 4) is 0 Å². The lowest BCUT2D eigenvalue weighted by Crippen LogP contribution is -2.64. The summed E-state index contributed by atoms with van der Waals surface area (Å²) in [4.78, 5) is 16.5. The van der Waals surface area contributed by atoms with Crippen molar-refractivity contribution < 1.29 is 4.79 Å². The Kier molecular flexibility index (Phi) is 4.76. The van der Waals surface area contributed by atoms with E-state index in [1.807, 2.05) is 40.0 Å². The molecule has 1 aliphatic rings. The van der Waals surface area contributed by atoms with Crippen LogP contribution >= 0.6 is 15.9 Å². The average molecular weight is 354 g/mol. The van der Waals surface area contributed by atoms with Crippen molar-refractivity contribution in [2.45, 2.75) is 38.4 Å². The molecule has 1 aromatic carbocycles. The SMILES string of the molecule is CC(N)C(c1ccc(Br)cc1)N1CCN(C)C(=O)C1(C)C. The Morgan fingerprint density at radius 2 is 1.81 bits per heavy atom. The van der Waals surface area contributed by atoms with Crippen LogP contribution in [0.1, 0.15) is 32.4 Å². The third kappa shape index (κ3) is 3.15. The van der Waals surface area contributed by atoms with Gasteiger partial charge in [0, 0.05) is 30.7 Å². The number of carbonyl (C=O) groups excluding carboxylic acids is 1. The van der Waals surface area contributed by atoms with Crippen molar-refractivity contribution in [3.05, 3.63) is 34.3 Å². The smallest absolute Gasteiger partial charge is 0.242 e. The van der Waals surface area contributed by atoms with E-state index in [9.17, 15) is 4.79 Å². The molecule has 21 heavy (non-hydrogen) atoms. The summed E-state index contributed by atoms with van der Waals surface area (Å²) in [6.07, 6.45) is 0. The Hall–Kier alpha value is -0.910. The molecule has 2 N–H and O–H groups in total. The van der Waals surface area contributed by atoms with Gasteiger partial charge in [-0.15, -0.1) is 0 Å². The Morgan fingerprint density at radius 3 is 2.33 bits per heavy atom. The lowest BCUT2D eigenvalue weighted by molar-refractivity contribution is -0.150. The Morgan fingerprint density at radius 1 is 1.24 bits per heavy atom. The molecule has 4 nitrogen and oxygen atoms in total. The van der Waals surface area contributed by atoms with E-state index < -0.39 is 5.54 Å². The van der Waals surface area contributed by atoms with Gasteiger partial charge < -0.3 is 10.6 Å². The van der Waals surface area contributed by atoms with Gasteiger partial charge in [0.05, 0.1) is 11.6 Å². The van der Waals surface area contributed by atoms with E-state index in [1.54, 1.807) is 4.90 Å². The van der Waals surface area contributed by atoms with Crippen LogP contribution in [-0.2, 0) is 4.79 Å². The number of piperazine rings is 1. The van der Waals surface area contributed by atoms with Gasteiger partial charge in [0.15, 0.2) is 0 Å². The fraction of sp³-hybridized carbons (Fsp3) is 0.562. The summed E-state index contributed by atoms with van der Waals surface area (Å²) in [6.45, 7) is 7.55. The van der Waals surface area contributed by atoms with Crippen LogP contribution in [0.4, 0.5) is 0 Å². The first-order valence-electron chi connectivity index (χ1n) is 7.28. The summed E-state index contributed by atoms with van der Waals surface area (Å²) < 4.78 is 1.04. The van der Waals surface area contributed by atoms with Crippen LogP contribution in [0.5, 0.6) is 0 Å². The van der Waals surface area contributed by atoms with Crippen LogP contribution in [0, 0.1) is 0 Å². The standard InChI is InChI=1S/C16H24BrN3O/c1-11(18)14(12-5-7-13(17)8-6-12)20-10-9-19(4)15(21)16(20,2)3/h5-8,11,14H,9-10,18H2,1-4H3. The van der Waals surface area contributed by atoms with Crippen LogP contribution < -0.4 is 5.73 Å². The Bertz CT molecular complexity index is 513. The summed E-state index contributed by atoms with van der Waals surface area (Å²) in [5.41, 5.74) is 6.87. The van der Waals surface area contributed by atoms with Crippen molar-refractivity contribution in [1.29, 1.82) is 0 Å². The lowest BCUT2D eigenvalue weighted by Gasteiger charge is -2.49. The van der Waals surface area contributed by atoms with Crippen LogP contribution in [0.2, 0.25) is 0 Å². The normalized spacial score (nSPS) is 22.2. The maximum atomic E-state index is 12.5. The van der Waals surface area contributed by atoms with Gasteiger partial charge in [-0.25, -0.2) is 0 Å². The second-order valence-electron chi connectivity index (χ2n) is 6.33. The molecule has 2 unspecified atom stereocenters. The van der Waals surface area contributed by atoms with Gasteiger partial charge in [-0.3, -0.25) is 9.69 Å². The maximum absolute atomic E-state index is 12.5. The first-order valence-corrected chi connectivity index (χ1v) is 8.08. The predicted octanol–water partition coefficient (Wildman–Crippen LogP) is 2.39. The number of nitrogens with two attached hydrogens (primary N) is 1. The van der Waals surface area contributed by atoms with Crippen molar-refractivity contribution in [3.63, 3.8) is 0 Å². The summed E-state index contributed by atoms with van der Waals surface area (Å²) >= 11 is 3.46. The molecule has 1 aliphatic heterocycles. The summed E-state index contributed by atoms with van der Waals surface area (Å²) in [7, 11) is 1.86. The molecule has 0 aliphatic carbocycles.